The molecule has 1 aromatic carbocycles. The molecule has 1 aliphatic heterocycles. The van der Waals surface area contributed by atoms with E-state index in [1.54, 1.807) is 30.3 Å². The van der Waals surface area contributed by atoms with Gasteiger partial charge in [-0.05, 0) is 30.4 Å². The maximum atomic E-state index is 11.5. The van der Waals surface area contributed by atoms with Gasteiger partial charge in [-0.2, -0.15) is 0 Å². The van der Waals surface area contributed by atoms with Crippen LogP contribution in [0.4, 0.5) is 5.69 Å². The van der Waals surface area contributed by atoms with Crippen molar-refractivity contribution in [3.63, 3.8) is 0 Å². The van der Waals surface area contributed by atoms with Crippen LogP contribution in [0, 0.1) is 10.1 Å². The molecule has 3 rings (SSSR count). The highest BCUT2D eigenvalue weighted by molar-refractivity contribution is 7.80. The molecule has 2 aromatic rings. The number of nitro benzene ring substituents is 1. The molecule has 1 fully saturated rings. The van der Waals surface area contributed by atoms with Crippen molar-refractivity contribution in [2.24, 2.45) is 0 Å². The van der Waals surface area contributed by atoms with Gasteiger partial charge in [0.1, 0.15) is 17.2 Å². The van der Waals surface area contributed by atoms with Crippen molar-refractivity contribution >= 4 is 35.0 Å². The Kier molecular flexibility index (Phi) is 3.43. The van der Waals surface area contributed by atoms with Gasteiger partial charge < -0.3 is 9.73 Å². The van der Waals surface area contributed by atoms with Gasteiger partial charge in [-0.25, -0.2) is 0 Å². The van der Waals surface area contributed by atoms with Gasteiger partial charge in [-0.3, -0.25) is 20.2 Å². The molecule has 1 amide bonds. The molecule has 0 aliphatic carbocycles. The average molecular weight is 315 g/mol. The number of amides is 1. The number of carbonyl (C=O) groups excluding carboxylic acids is 1. The van der Waals surface area contributed by atoms with Gasteiger partial charge >= 0.3 is 0 Å². The summed E-state index contributed by atoms with van der Waals surface area (Å²) in [6, 6.07) is 9.51. The number of nitrogens with one attached hydrogen (secondary N) is 2. The van der Waals surface area contributed by atoms with Crippen LogP contribution in [0.25, 0.3) is 17.4 Å². The molecule has 7 nitrogen and oxygen atoms in total. The predicted octanol–water partition coefficient (Wildman–Crippen LogP) is 2.20. The summed E-state index contributed by atoms with van der Waals surface area (Å²) in [5.74, 6) is 0.379. The summed E-state index contributed by atoms with van der Waals surface area (Å²) in [5.41, 5.74) is 0.582. The zero-order valence-electron chi connectivity index (χ0n) is 11.0. The van der Waals surface area contributed by atoms with Crippen molar-refractivity contribution in [3.05, 3.63) is 58.0 Å². The summed E-state index contributed by atoms with van der Waals surface area (Å²) in [6.45, 7) is 0. The largest absolute Gasteiger partial charge is 0.456 e. The number of carbonyl (C=O) groups is 1. The molecular formula is C14H9N3O4S. The van der Waals surface area contributed by atoms with E-state index in [1.807, 2.05) is 0 Å². The van der Waals surface area contributed by atoms with Crippen molar-refractivity contribution in [3.8, 4) is 11.3 Å². The summed E-state index contributed by atoms with van der Waals surface area (Å²) >= 11 is 4.83. The Morgan fingerprint density at radius 1 is 1.18 bits per heavy atom. The third-order valence-corrected chi connectivity index (χ3v) is 3.20. The Bertz CT molecular complexity index is 825. The van der Waals surface area contributed by atoms with Crippen molar-refractivity contribution in [2.75, 3.05) is 0 Å². The molecule has 0 unspecified atom stereocenters. The van der Waals surface area contributed by atoms with Crippen LogP contribution in [-0.2, 0) is 4.79 Å². The summed E-state index contributed by atoms with van der Waals surface area (Å²) in [7, 11) is 0. The highest BCUT2D eigenvalue weighted by Gasteiger charge is 2.21. The smallest absolute Gasteiger partial charge is 0.280 e. The number of nitro groups is 1. The van der Waals surface area contributed by atoms with Crippen LogP contribution in [0.1, 0.15) is 5.76 Å². The van der Waals surface area contributed by atoms with Gasteiger partial charge in [0.25, 0.3) is 11.6 Å². The zero-order chi connectivity index (χ0) is 15.7. The van der Waals surface area contributed by atoms with Crippen LogP contribution in [0.2, 0.25) is 0 Å². The van der Waals surface area contributed by atoms with Crippen LogP contribution in [0.3, 0.4) is 0 Å². The number of para-hydroxylation sites is 1. The van der Waals surface area contributed by atoms with Gasteiger partial charge in [-0.1, -0.05) is 12.1 Å². The second-order valence-electron chi connectivity index (χ2n) is 4.44. The normalized spacial score (nSPS) is 15.7. The van der Waals surface area contributed by atoms with Crippen LogP contribution in [0.15, 0.2) is 46.5 Å². The third kappa shape index (κ3) is 2.59. The number of hydrogen-bond acceptors (Lipinski definition) is 5. The molecule has 2 N–H and O–H groups in total. The van der Waals surface area contributed by atoms with Crippen LogP contribution in [-0.4, -0.2) is 15.9 Å². The summed E-state index contributed by atoms with van der Waals surface area (Å²) in [6.07, 6.45) is 1.48. The van der Waals surface area contributed by atoms with E-state index in [2.05, 4.69) is 10.6 Å². The predicted molar refractivity (Wildman–Crippen MR) is 82.7 cm³/mol. The van der Waals surface area contributed by atoms with E-state index in [1.165, 1.54) is 12.1 Å². The number of furan rings is 1. The van der Waals surface area contributed by atoms with Gasteiger partial charge in [0.05, 0.1) is 10.5 Å². The molecule has 22 heavy (non-hydrogen) atoms. The highest BCUT2D eigenvalue weighted by Crippen LogP contribution is 2.31. The van der Waals surface area contributed by atoms with E-state index >= 15 is 0 Å². The van der Waals surface area contributed by atoms with Crippen molar-refractivity contribution in [1.29, 1.82) is 0 Å². The van der Waals surface area contributed by atoms with Crippen molar-refractivity contribution in [1.82, 2.24) is 10.6 Å². The first kappa shape index (κ1) is 14.0. The lowest BCUT2D eigenvalue weighted by Crippen LogP contribution is -2.21. The lowest BCUT2D eigenvalue weighted by Gasteiger charge is -1.98. The summed E-state index contributed by atoms with van der Waals surface area (Å²) < 4.78 is 5.56. The van der Waals surface area contributed by atoms with Crippen LogP contribution in [0.5, 0.6) is 0 Å². The number of rotatable bonds is 3. The van der Waals surface area contributed by atoms with Gasteiger partial charge in [-0.15, -0.1) is 0 Å². The van der Waals surface area contributed by atoms with Crippen molar-refractivity contribution in [2.45, 2.75) is 0 Å². The Labute approximate surface area is 129 Å². The second kappa shape index (κ2) is 5.41. The summed E-state index contributed by atoms with van der Waals surface area (Å²) in [4.78, 5) is 22.1. The first-order valence-electron chi connectivity index (χ1n) is 6.22. The lowest BCUT2D eigenvalue weighted by atomic mass is 10.1. The van der Waals surface area contributed by atoms with E-state index in [9.17, 15) is 14.9 Å². The SMILES string of the molecule is O=C1NC(=S)N/C1=C/c1ccc(-c2ccccc2[N+](=O)[O-])o1. The Balaban J connectivity index is 1.95. The maximum Gasteiger partial charge on any atom is 0.280 e. The molecule has 0 radical (unpaired) electrons. The Hall–Kier alpha value is -3.00. The molecule has 0 bridgehead atoms. The van der Waals surface area contributed by atoms with Crippen LogP contribution < -0.4 is 10.6 Å². The number of hydrogen-bond donors (Lipinski definition) is 2. The van der Waals surface area contributed by atoms with Gasteiger partial charge in [0, 0.05) is 12.1 Å². The molecule has 1 aliphatic rings. The topological polar surface area (TPSA) is 97.4 Å². The Morgan fingerprint density at radius 3 is 2.64 bits per heavy atom. The highest BCUT2D eigenvalue weighted by atomic mass is 32.1. The number of benzene rings is 1. The van der Waals surface area contributed by atoms with E-state index in [0.29, 0.717) is 17.1 Å². The average Bonchev–Trinajstić information content (AvgIpc) is 3.06. The minimum Gasteiger partial charge on any atom is -0.456 e. The van der Waals surface area contributed by atoms with E-state index in [-0.39, 0.29) is 22.4 Å². The van der Waals surface area contributed by atoms with Gasteiger partial charge in [0.2, 0.25) is 0 Å². The minimum absolute atomic E-state index is 0.0473. The fourth-order valence-electron chi connectivity index (χ4n) is 2.04. The molecule has 0 spiro atoms. The molecule has 110 valence electrons. The molecule has 0 saturated carbocycles. The number of nitrogens with zero attached hydrogens (tertiary/aromatic N) is 1. The Morgan fingerprint density at radius 2 is 1.95 bits per heavy atom. The maximum absolute atomic E-state index is 11.5. The summed E-state index contributed by atoms with van der Waals surface area (Å²) in [5, 5.41) is 16.4. The van der Waals surface area contributed by atoms with E-state index < -0.39 is 4.92 Å². The molecular weight excluding hydrogens is 306 g/mol. The van der Waals surface area contributed by atoms with E-state index in [0.717, 1.165) is 0 Å². The molecule has 1 saturated heterocycles. The molecule has 8 heteroatoms. The van der Waals surface area contributed by atoms with E-state index in [4.69, 9.17) is 16.6 Å². The number of thiocarbonyl (C=S) groups is 1. The molecule has 2 heterocycles. The first-order chi connectivity index (χ1) is 10.5. The fourth-order valence-corrected chi connectivity index (χ4v) is 2.24. The standard InChI is InChI=1S/C14H9N3O4S/c18-13-10(15-14(22)16-13)7-8-5-6-12(21-8)9-3-1-2-4-11(9)17(19)20/h1-7H,(H2,15,16,18,22)/b10-7+. The van der Waals surface area contributed by atoms with Crippen molar-refractivity contribution < 1.29 is 14.1 Å². The molecule has 1 aromatic heterocycles. The minimum atomic E-state index is -0.472. The first-order valence-corrected chi connectivity index (χ1v) is 6.63. The quantitative estimate of drug-likeness (QED) is 0.390. The van der Waals surface area contributed by atoms with Crippen LogP contribution >= 0.6 is 12.2 Å². The lowest BCUT2D eigenvalue weighted by molar-refractivity contribution is -0.384. The fraction of sp³-hybridized carbons (Fsp3) is 0. The zero-order valence-corrected chi connectivity index (χ0v) is 11.8. The van der Waals surface area contributed by atoms with Gasteiger partial charge in [0.15, 0.2) is 5.11 Å². The molecule has 0 atom stereocenters. The second-order valence-corrected chi connectivity index (χ2v) is 4.85. The monoisotopic (exact) mass is 315 g/mol. The third-order valence-electron chi connectivity index (χ3n) is 3.00.